The summed E-state index contributed by atoms with van der Waals surface area (Å²) in [4.78, 5) is 14.4. The minimum Gasteiger partial charge on any atom is -0.361 e. The lowest BCUT2D eigenvalue weighted by atomic mass is 9.91. The molecule has 110 valence electrons. The first kappa shape index (κ1) is 13.6. The maximum atomic E-state index is 12.6. The van der Waals surface area contributed by atoms with Crippen LogP contribution < -0.4 is 5.32 Å². The van der Waals surface area contributed by atoms with Gasteiger partial charge in [0.2, 0.25) is 5.91 Å². The van der Waals surface area contributed by atoms with E-state index in [4.69, 9.17) is 4.52 Å². The number of rotatable bonds is 3. The molecule has 1 saturated heterocycles. The van der Waals surface area contributed by atoms with Crippen molar-refractivity contribution in [2.24, 2.45) is 11.3 Å². The predicted octanol–water partition coefficient (Wildman–Crippen LogP) is 1.64. The Hall–Kier alpha value is -1.36. The minimum absolute atomic E-state index is 0.232. The summed E-state index contributed by atoms with van der Waals surface area (Å²) < 4.78 is 5.17. The molecule has 1 aromatic heterocycles. The van der Waals surface area contributed by atoms with Gasteiger partial charge >= 0.3 is 0 Å². The smallest absolute Gasteiger partial charge is 0.226 e. The molecule has 2 aliphatic rings. The zero-order valence-electron chi connectivity index (χ0n) is 12.5. The third-order valence-corrected chi connectivity index (χ3v) is 5.04. The summed E-state index contributed by atoms with van der Waals surface area (Å²) in [5, 5.41) is 7.33. The molecule has 0 bridgehead atoms. The fourth-order valence-corrected chi connectivity index (χ4v) is 3.48. The molecular weight excluding hydrogens is 254 g/mol. The monoisotopic (exact) mass is 277 g/mol. The molecule has 20 heavy (non-hydrogen) atoms. The molecular formula is C15H23N3O2. The van der Waals surface area contributed by atoms with E-state index in [2.05, 4.69) is 10.5 Å². The van der Waals surface area contributed by atoms with Crippen LogP contribution in [0.1, 0.15) is 36.3 Å². The number of hydrogen-bond donors (Lipinski definition) is 1. The first-order valence-electron chi connectivity index (χ1n) is 7.41. The summed E-state index contributed by atoms with van der Waals surface area (Å²) in [6.45, 7) is 6.54. The molecule has 0 aromatic carbocycles. The molecule has 2 fully saturated rings. The fraction of sp³-hybridized carbons (Fsp3) is 0.733. The Kier molecular flexibility index (Phi) is 3.32. The van der Waals surface area contributed by atoms with Crippen LogP contribution in [0.5, 0.6) is 0 Å². The van der Waals surface area contributed by atoms with Crippen molar-refractivity contribution in [1.29, 1.82) is 0 Å². The number of aromatic nitrogens is 1. The molecule has 5 nitrogen and oxygen atoms in total. The molecule has 1 N–H and O–H groups in total. The average molecular weight is 277 g/mol. The molecule has 3 rings (SSSR count). The van der Waals surface area contributed by atoms with Crippen molar-refractivity contribution in [2.75, 3.05) is 20.1 Å². The summed E-state index contributed by atoms with van der Waals surface area (Å²) in [5.74, 6) is 1.33. The van der Waals surface area contributed by atoms with E-state index in [9.17, 15) is 4.79 Å². The Balaban J connectivity index is 1.63. The van der Waals surface area contributed by atoms with Gasteiger partial charge < -0.3 is 14.7 Å². The number of aryl methyl sites for hydroxylation is 2. The van der Waals surface area contributed by atoms with Gasteiger partial charge in [0.25, 0.3) is 0 Å². The molecule has 0 radical (unpaired) electrons. The van der Waals surface area contributed by atoms with Crippen molar-refractivity contribution in [3.63, 3.8) is 0 Å². The SMILES string of the molecule is Cc1noc(C)c1CN(C)C(=O)[C@H]1CC12CCNCC2. The highest BCUT2D eigenvalue weighted by Crippen LogP contribution is 2.59. The standard InChI is InChI=1S/C15H23N3O2/c1-10-12(11(2)20-17-10)9-18(3)14(19)13-8-15(13)4-6-16-7-5-15/h13,16H,4-9H2,1-3H3/t13-/m1/s1. The first-order valence-corrected chi connectivity index (χ1v) is 7.41. The van der Waals surface area contributed by atoms with E-state index < -0.39 is 0 Å². The Labute approximate surface area is 119 Å². The minimum atomic E-state index is 0.232. The highest BCUT2D eigenvalue weighted by Gasteiger charge is 2.58. The van der Waals surface area contributed by atoms with Crippen LogP contribution >= 0.6 is 0 Å². The van der Waals surface area contributed by atoms with Crippen LogP contribution in [0.2, 0.25) is 0 Å². The van der Waals surface area contributed by atoms with Crippen LogP contribution in [0.25, 0.3) is 0 Å². The van der Waals surface area contributed by atoms with Gasteiger partial charge in [-0.2, -0.15) is 0 Å². The third kappa shape index (κ3) is 2.24. The zero-order valence-corrected chi connectivity index (χ0v) is 12.5. The molecule has 5 heteroatoms. The zero-order chi connectivity index (χ0) is 14.3. The van der Waals surface area contributed by atoms with Gasteiger partial charge in [-0.15, -0.1) is 0 Å². The van der Waals surface area contributed by atoms with Gasteiger partial charge in [0.05, 0.1) is 12.2 Å². The number of nitrogens with one attached hydrogen (secondary N) is 1. The molecule has 1 aliphatic carbocycles. The first-order chi connectivity index (χ1) is 9.53. The van der Waals surface area contributed by atoms with Gasteiger partial charge in [0.15, 0.2) is 0 Å². The molecule has 1 atom stereocenters. The summed E-state index contributed by atoms with van der Waals surface area (Å²) in [6.07, 6.45) is 3.35. The summed E-state index contributed by atoms with van der Waals surface area (Å²) in [7, 11) is 1.89. The van der Waals surface area contributed by atoms with E-state index >= 15 is 0 Å². The highest BCUT2D eigenvalue weighted by atomic mass is 16.5. The fourth-order valence-electron chi connectivity index (χ4n) is 3.48. The lowest BCUT2D eigenvalue weighted by Crippen LogP contribution is -2.34. The second-order valence-electron chi connectivity index (χ2n) is 6.37. The maximum Gasteiger partial charge on any atom is 0.226 e. The molecule has 1 aromatic rings. The van der Waals surface area contributed by atoms with E-state index in [0.29, 0.717) is 12.0 Å². The topological polar surface area (TPSA) is 58.4 Å². The Morgan fingerprint density at radius 1 is 1.45 bits per heavy atom. The van der Waals surface area contributed by atoms with Crippen LogP contribution in [-0.4, -0.2) is 36.1 Å². The second kappa shape index (κ2) is 4.88. The number of carbonyl (C=O) groups excluding carboxylic acids is 1. The molecule has 1 amide bonds. The van der Waals surface area contributed by atoms with Crippen LogP contribution in [-0.2, 0) is 11.3 Å². The molecule has 1 aliphatic heterocycles. The van der Waals surface area contributed by atoms with Crippen molar-refractivity contribution >= 4 is 5.91 Å². The van der Waals surface area contributed by atoms with E-state index in [0.717, 1.165) is 49.4 Å². The van der Waals surface area contributed by atoms with Crippen LogP contribution in [0.15, 0.2) is 4.52 Å². The van der Waals surface area contributed by atoms with Gasteiger partial charge in [0, 0.05) is 18.5 Å². The average Bonchev–Trinajstić information content (AvgIpc) is 3.04. The number of hydrogen-bond acceptors (Lipinski definition) is 4. The lowest BCUT2D eigenvalue weighted by Gasteiger charge is -2.25. The van der Waals surface area contributed by atoms with Crippen LogP contribution in [0.3, 0.4) is 0 Å². The van der Waals surface area contributed by atoms with Crippen molar-refractivity contribution in [3.05, 3.63) is 17.0 Å². The van der Waals surface area contributed by atoms with Crippen molar-refractivity contribution in [2.45, 2.75) is 39.7 Å². The normalized spacial score (nSPS) is 23.9. The lowest BCUT2D eigenvalue weighted by molar-refractivity contribution is -0.132. The number of amides is 1. The number of nitrogens with zero attached hydrogens (tertiary/aromatic N) is 2. The van der Waals surface area contributed by atoms with Gasteiger partial charge in [-0.3, -0.25) is 4.79 Å². The number of carbonyl (C=O) groups is 1. The largest absolute Gasteiger partial charge is 0.361 e. The van der Waals surface area contributed by atoms with Crippen molar-refractivity contribution in [1.82, 2.24) is 15.4 Å². The van der Waals surface area contributed by atoms with Gasteiger partial charge in [-0.05, 0) is 51.6 Å². The molecule has 1 spiro atoms. The van der Waals surface area contributed by atoms with Crippen LogP contribution in [0, 0.1) is 25.2 Å². The third-order valence-electron chi connectivity index (χ3n) is 5.04. The van der Waals surface area contributed by atoms with Crippen molar-refractivity contribution in [3.8, 4) is 0 Å². The Morgan fingerprint density at radius 3 is 2.75 bits per heavy atom. The molecule has 1 saturated carbocycles. The second-order valence-corrected chi connectivity index (χ2v) is 6.37. The Morgan fingerprint density at radius 2 is 2.15 bits per heavy atom. The quantitative estimate of drug-likeness (QED) is 0.912. The van der Waals surface area contributed by atoms with Gasteiger partial charge in [0.1, 0.15) is 5.76 Å². The summed E-state index contributed by atoms with van der Waals surface area (Å²) in [5.41, 5.74) is 2.23. The molecule has 2 heterocycles. The van der Waals surface area contributed by atoms with E-state index in [-0.39, 0.29) is 11.8 Å². The number of piperidine rings is 1. The summed E-state index contributed by atoms with van der Waals surface area (Å²) >= 11 is 0. The van der Waals surface area contributed by atoms with Crippen LogP contribution in [0.4, 0.5) is 0 Å². The van der Waals surface area contributed by atoms with E-state index in [1.807, 2.05) is 25.8 Å². The maximum absolute atomic E-state index is 12.6. The van der Waals surface area contributed by atoms with E-state index in [1.54, 1.807) is 0 Å². The van der Waals surface area contributed by atoms with Gasteiger partial charge in [-0.1, -0.05) is 5.16 Å². The van der Waals surface area contributed by atoms with Crippen molar-refractivity contribution < 1.29 is 9.32 Å². The van der Waals surface area contributed by atoms with E-state index in [1.165, 1.54) is 0 Å². The Bertz CT molecular complexity index is 498. The van der Waals surface area contributed by atoms with Gasteiger partial charge in [-0.25, -0.2) is 0 Å². The molecule has 0 unspecified atom stereocenters. The predicted molar refractivity (Wildman–Crippen MR) is 75.1 cm³/mol. The summed E-state index contributed by atoms with van der Waals surface area (Å²) in [6, 6.07) is 0. The highest BCUT2D eigenvalue weighted by molar-refractivity contribution is 5.82.